The third-order valence-corrected chi connectivity index (χ3v) is 3.83. The third kappa shape index (κ3) is 3.96. The smallest absolute Gasteiger partial charge is 0.0914 e. The molecule has 0 radical (unpaired) electrons. The molecule has 6 heteroatoms. The Balaban J connectivity index is 1.59. The van der Waals surface area contributed by atoms with Crippen molar-refractivity contribution < 1.29 is 5.11 Å². The first kappa shape index (κ1) is 15.7. The number of H-pyrrole nitrogens is 1. The van der Waals surface area contributed by atoms with E-state index < -0.39 is 6.10 Å². The Morgan fingerprint density at radius 2 is 2.00 bits per heavy atom. The van der Waals surface area contributed by atoms with Crippen molar-refractivity contribution in [2.24, 2.45) is 0 Å². The van der Waals surface area contributed by atoms with Gasteiger partial charge in [-0.3, -0.25) is 10.1 Å². The number of hydrogen-bond acceptors (Lipinski definition) is 4. The molecule has 1 atom stereocenters. The summed E-state index contributed by atoms with van der Waals surface area (Å²) < 4.78 is 0. The summed E-state index contributed by atoms with van der Waals surface area (Å²) >= 11 is 5.85. The van der Waals surface area contributed by atoms with Crippen LogP contribution in [0.25, 0.3) is 11.3 Å². The van der Waals surface area contributed by atoms with Crippen LogP contribution in [0.1, 0.15) is 17.2 Å². The summed E-state index contributed by atoms with van der Waals surface area (Å²) in [5.41, 5.74) is 3.79. The number of halogens is 1. The zero-order chi connectivity index (χ0) is 16.1. The fourth-order valence-corrected chi connectivity index (χ4v) is 2.48. The fourth-order valence-electron chi connectivity index (χ4n) is 2.35. The van der Waals surface area contributed by atoms with Crippen molar-refractivity contribution in [1.29, 1.82) is 0 Å². The summed E-state index contributed by atoms with van der Waals surface area (Å²) in [5, 5.41) is 21.2. The Kier molecular flexibility index (Phi) is 5.02. The van der Waals surface area contributed by atoms with Crippen LogP contribution in [0, 0.1) is 0 Å². The molecule has 0 bridgehead atoms. The van der Waals surface area contributed by atoms with E-state index in [0.29, 0.717) is 18.1 Å². The lowest BCUT2D eigenvalue weighted by Gasteiger charge is -2.12. The molecule has 118 valence electrons. The molecule has 0 saturated heterocycles. The van der Waals surface area contributed by atoms with Crippen LogP contribution in [0.2, 0.25) is 5.02 Å². The van der Waals surface area contributed by atoms with Gasteiger partial charge in [-0.15, -0.1) is 0 Å². The number of aromatic nitrogens is 3. The molecule has 23 heavy (non-hydrogen) atoms. The van der Waals surface area contributed by atoms with Gasteiger partial charge in [0.05, 0.1) is 18.0 Å². The Labute approximate surface area is 139 Å². The molecule has 3 rings (SSSR count). The van der Waals surface area contributed by atoms with Gasteiger partial charge in [0.2, 0.25) is 0 Å². The molecule has 0 aliphatic rings. The second kappa shape index (κ2) is 7.37. The van der Waals surface area contributed by atoms with E-state index in [-0.39, 0.29) is 0 Å². The maximum atomic E-state index is 10.2. The second-order valence-corrected chi connectivity index (χ2v) is 5.65. The third-order valence-electron chi connectivity index (χ3n) is 3.58. The number of aromatic amines is 1. The number of rotatable bonds is 6. The molecule has 0 aliphatic carbocycles. The Morgan fingerprint density at radius 3 is 2.74 bits per heavy atom. The number of hydrogen-bond donors (Lipinski definition) is 3. The number of nitrogens with zero attached hydrogens (tertiary/aromatic N) is 2. The van der Waals surface area contributed by atoms with E-state index in [1.54, 1.807) is 30.7 Å². The monoisotopic (exact) mass is 328 g/mol. The second-order valence-electron chi connectivity index (χ2n) is 5.21. The molecule has 3 aromatic rings. The highest BCUT2D eigenvalue weighted by Crippen LogP contribution is 2.20. The Morgan fingerprint density at radius 1 is 1.17 bits per heavy atom. The predicted octanol–water partition coefficient (Wildman–Crippen LogP) is 2.95. The first-order valence-corrected chi connectivity index (χ1v) is 7.68. The highest BCUT2D eigenvalue weighted by Gasteiger charge is 2.10. The van der Waals surface area contributed by atoms with Crippen molar-refractivity contribution in [3.8, 4) is 11.3 Å². The number of pyridine rings is 1. The number of nitrogens with one attached hydrogen (secondary N) is 2. The van der Waals surface area contributed by atoms with Gasteiger partial charge in [0.25, 0.3) is 0 Å². The van der Waals surface area contributed by atoms with Gasteiger partial charge in [0.15, 0.2) is 0 Å². The van der Waals surface area contributed by atoms with Crippen LogP contribution < -0.4 is 5.32 Å². The van der Waals surface area contributed by atoms with Gasteiger partial charge in [0, 0.05) is 41.6 Å². The lowest BCUT2D eigenvalue weighted by Crippen LogP contribution is -2.21. The highest BCUT2D eigenvalue weighted by molar-refractivity contribution is 6.30. The lowest BCUT2D eigenvalue weighted by atomic mass is 10.1. The van der Waals surface area contributed by atoms with Gasteiger partial charge in [-0.05, 0) is 29.8 Å². The van der Waals surface area contributed by atoms with E-state index in [2.05, 4.69) is 20.5 Å². The summed E-state index contributed by atoms with van der Waals surface area (Å²) in [7, 11) is 0. The molecule has 5 nitrogen and oxygen atoms in total. The number of aliphatic hydroxyl groups is 1. The van der Waals surface area contributed by atoms with Gasteiger partial charge >= 0.3 is 0 Å². The normalized spacial score (nSPS) is 12.3. The molecular weight excluding hydrogens is 312 g/mol. The van der Waals surface area contributed by atoms with Gasteiger partial charge in [0.1, 0.15) is 0 Å². The SMILES string of the molecule is OC(CNCc1cn[nH]c1-c1cccnc1)c1ccc(Cl)cc1. The molecular formula is C17H17ClN4O. The first-order valence-electron chi connectivity index (χ1n) is 7.31. The molecule has 1 aromatic carbocycles. The van der Waals surface area contributed by atoms with Gasteiger partial charge in [-0.2, -0.15) is 5.10 Å². The number of aliphatic hydroxyl groups excluding tert-OH is 1. The van der Waals surface area contributed by atoms with Gasteiger partial charge in [-0.25, -0.2) is 0 Å². The highest BCUT2D eigenvalue weighted by atomic mass is 35.5. The Hall–Kier alpha value is -2.21. The topological polar surface area (TPSA) is 73.8 Å². The van der Waals surface area contributed by atoms with Crippen LogP contribution in [0.5, 0.6) is 0 Å². The molecule has 1 unspecified atom stereocenters. The van der Waals surface area contributed by atoms with E-state index in [1.807, 2.05) is 24.3 Å². The van der Waals surface area contributed by atoms with Crippen LogP contribution in [0.15, 0.2) is 55.0 Å². The van der Waals surface area contributed by atoms with E-state index in [4.69, 9.17) is 11.6 Å². The van der Waals surface area contributed by atoms with Crippen molar-refractivity contribution >= 4 is 11.6 Å². The van der Waals surface area contributed by atoms with Crippen molar-refractivity contribution in [1.82, 2.24) is 20.5 Å². The van der Waals surface area contributed by atoms with Gasteiger partial charge in [-0.1, -0.05) is 23.7 Å². The first-order chi connectivity index (χ1) is 11.2. The molecule has 0 amide bonds. The van der Waals surface area contributed by atoms with Crippen LogP contribution in [0.4, 0.5) is 0 Å². The van der Waals surface area contributed by atoms with Gasteiger partial charge < -0.3 is 10.4 Å². The lowest BCUT2D eigenvalue weighted by molar-refractivity contribution is 0.174. The molecule has 0 spiro atoms. The summed E-state index contributed by atoms with van der Waals surface area (Å²) in [6.07, 6.45) is 4.73. The molecule has 2 heterocycles. The fraction of sp³-hybridized carbons (Fsp3) is 0.176. The van der Waals surface area contributed by atoms with E-state index in [0.717, 1.165) is 22.4 Å². The summed E-state index contributed by atoms with van der Waals surface area (Å²) in [5.74, 6) is 0. The molecule has 0 fully saturated rings. The quantitative estimate of drug-likeness (QED) is 0.650. The number of benzene rings is 1. The van der Waals surface area contributed by atoms with Crippen molar-refractivity contribution in [2.75, 3.05) is 6.54 Å². The van der Waals surface area contributed by atoms with Crippen molar-refractivity contribution in [2.45, 2.75) is 12.6 Å². The van der Waals surface area contributed by atoms with Crippen molar-refractivity contribution in [3.05, 3.63) is 71.1 Å². The van der Waals surface area contributed by atoms with E-state index in [9.17, 15) is 5.11 Å². The van der Waals surface area contributed by atoms with Crippen LogP contribution in [0.3, 0.4) is 0 Å². The molecule has 2 aromatic heterocycles. The standard InChI is InChI=1S/C17H17ClN4O/c18-15-5-3-12(4-6-15)16(23)11-20-9-14-10-21-22-17(14)13-2-1-7-19-8-13/h1-8,10,16,20,23H,9,11H2,(H,21,22). The average Bonchev–Trinajstić information content (AvgIpc) is 3.05. The predicted molar refractivity (Wildman–Crippen MR) is 89.9 cm³/mol. The minimum atomic E-state index is -0.582. The maximum Gasteiger partial charge on any atom is 0.0914 e. The van der Waals surface area contributed by atoms with E-state index >= 15 is 0 Å². The molecule has 0 aliphatic heterocycles. The minimum absolute atomic E-state index is 0.444. The average molecular weight is 329 g/mol. The summed E-state index contributed by atoms with van der Waals surface area (Å²) in [6.45, 7) is 1.05. The largest absolute Gasteiger partial charge is 0.387 e. The van der Waals surface area contributed by atoms with Crippen LogP contribution in [-0.2, 0) is 6.54 Å². The van der Waals surface area contributed by atoms with E-state index in [1.165, 1.54) is 0 Å². The summed E-state index contributed by atoms with van der Waals surface area (Å²) in [6, 6.07) is 11.1. The molecule has 0 saturated carbocycles. The minimum Gasteiger partial charge on any atom is -0.387 e. The Bertz CT molecular complexity index is 743. The van der Waals surface area contributed by atoms with Crippen LogP contribution in [-0.4, -0.2) is 26.8 Å². The maximum absolute atomic E-state index is 10.2. The van der Waals surface area contributed by atoms with Crippen molar-refractivity contribution in [3.63, 3.8) is 0 Å². The zero-order valence-electron chi connectivity index (χ0n) is 12.4. The molecule has 3 N–H and O–H groups in total. The zero-order valence-corrected chi connectivity index (χ0v) is 13.2. The summed E-state index contributed by atoms with van der Waals surface area (Å²) in [4.78, 5) is 4.12. The van der Waals surface area contributed by atoms with Crippen LogP contribution >= 0.6 is 11.6 Å².